The van der Waals surface area contributed by atoms with Crippen molar-refractivity contribution in [3.63, 3.8) is 0 Å². The van der Waals surface area contributed by atoms with Gasteiger partial charge in [0.05, 0.1) is 5.57 Å². The van der Waals surface area contributed by atoms with Crippen molar-refractivity contribution < 1.29 is 4.79 Å². The second kappa shape index (κ2) is 10.2. The van der Waals surface area contributed by atoms with Crippen molar-refractivity contribution in [2.45, 2.75) is 37.7 Å². The number of aryl methyl sites for hydroxylation is 1. The fourth-order valence-corrected chi connectivity index (χ4v) is 5.15. The molecule has 1 unspecified atom stereocenters. The highest BCUT2D eigenvalue weighted by Gasteiger charge is 2.34. The van der Waals surface area contributed by atoms with Gasteiger partial charge in [-0.2, -0.15) is 4.98 Å². The van der Waals surface area contributed by atoms with Crippen LogP contribution in [0.25, 0.3) is 0 Å². The van der Waals surface area contributed by atoms with Gasteiger partial charge >= 0.3 is 0 Å². The zero-order chi connectivity index (χ0) is 25.2. The fourth-order valence-electron chi connectivity index (χ4n) is 4.24. The number of carbonyl (C=O) groups is 1. The minimum Gasteiger partial charge on any atom is -0.328 e. The number of anilines is 2. The van der Waals surface area contributed by atoms with E-state index < -0.39 is 6.04 Å². The van der Waals surface area contributed by atoms with E-state index in [1.165, 1.54) is 5.56 Å². The average Bonchev–Trinajstić information content (AvgIpc) is 3.28. The minimum atomic E-state index is -0.456. The molecule has 3 aromatic carbocycles. The number of nitrogens with one attached hydrogen (secondary N) is 2. The van der Waals surface area contributed by atoms with Crippen molar-refractivity contribution >= 4 is 40.9 Å². The number of fused-ring (bicyclic) bond motifs is 1. The van der Waals surface area contributed by atoms with E-state index in [9.17, 15) is 4.79 Å². The SMILES string of the molecule is CC1=C(C(=O)Nc2cccc(C)c2C)C(c2ccc(Cl)cc2)n2nc(SCc3ccccc3)nc2N1. The molecular weight excluding hydrogens is 490 g/mol. The Morgan fingerprint density at radius 2 is 1.78 bits per heavy atom. The van der Waals surface area contributed by atoms with Gasteiger partial charge in [0, 0.05) is 22.2 Å². The number of benzene rings is 3. The van der Waals surface area contributed by atoms with Crippen LogP contribution in [0.2, 0.25) is 5.02 Å². The predicted octanol–water partition coefficient (Wildman–Crippen LogP) is 6.77. The summed E-state index contributed by atoms with van der Waals surface area (Å²) in [5, 5.41) is 12.5. The molecule has 1 atom stereocenters. The molecule has 0 aliphatic carbocycles. The minimum absolute atomic E-state index is 0.187. The molecule has 0 spiro atoms. The first-order chi connectivity index (χ1) is 17.4. The summed E-state index contributed by atoms with van der Waals surface area (Å²) in [6, 6.07) is 23.2. The largest absolute Gasteiger partial charge is 0.328 e. The molecule has 6 nitrogen and oxygen atoms in total. The van der Waals surface area contributed by atoms with Crippen LogP contribution in [-0.4, -0.2) is 20.7 Å². The molecule has 1 amide bonds. The van der Waals surface area contributed by atoms with Gasteiger partial charge in [-0.05, 0) is 61.2 Å². The van der Waals surface area contributed by atoms with Crippen molar-refractivity contribution in [2.75, 3.05) is 10.6 Å². The molecule has 36 heavy (non-hydrogen) atoms. The van der Waals surface area contributed by atoms with Crippen molar-refractivity contribution in [1.82, 2.24) is 14.8 Å². The first kappa shape index (κ1) is 24.2. The standard InChI is InChI=1S/C28H26ClN5OS/c1-17-8-7-11-23(18(17)2)31-26(35)24-19(3)30-27-32-28(36-16-20-9-5-4-6-10-20)33-34(27)25(24)21-12-14-22(29)15-13-21/h4-15,25H,16H2,1-3H3,(H,31,35)(H,30,32,33). The van der Waals surface area contributed by atoms with Crippen LogP contribution in [0.1, 0.15) is 35.2 Å². The third-order valence-corrected chi connectivity index (χ3v) is 7.49. The van der Waals surface area contributed by atoms with Crippen LogP contribution < -0.4 is 10.6 Å². The molecular formula is C28H26ClN5OS. The van der Waals surface area contributed by atoms with Crippen molar-refractivity contribution in [1.29, 1.82) is 0 Å². The van der Waals surface area contributed by atoms with E-state index in [0.29, 0.717) is 21.7 Å². The van der Waals surface area contributed by atoms with Crippen molar-refractivity contribution in [3.8, 4) is 0 Å². The number of amides is 1. The number of halogens is 1. The van der Waals surface area contributed by atoms with E-state index in [2.05, 4.69) is 22.8 Å². The molecule has 2 heterocycles. The number of hydrogen-bond donors (Lipinski definition) is 2. The molecule has 1 aromatic heterocycles. The maximum absolute atomic E-state index is 13.7. The van der Waals surface area contributed by atoms with Gasteiger partial charge in [0.2, 0.25) is 11.1 Å². The summed E-state index contributed by atoms with van der Waals surface area (Å²) in [5.41, 5.74) is 6.36. The molecule has 5 rings (SSSR count). The monoisotopic (exact) mass is 515 g/mol. The van der Waals surface area contributed by atoms with E-state index >= 15 is 0 Å². The molecule has 0 radical (unpaired) electrons. The molecule has 4 aromatic rings. The van der Waals surface area contributed by atoms with Crippen LogP contribution in [0.15, 0.2) is 89.2 Å². The first-order valence-electron chi connectivity index (χ1n) is 11.6. The van der Waals surface area contributed by atoms with E-state index in [-0.39, 0.29) is 5.91 Å². The normalized spacial score (nSPS) is 14.8. The van der Waals surface area contributed by atoms with E-state index in [1.54, 1.807) is 16.4 Å². The smallest absolute Gasteiger partial charge is 0.255 e. The second-order valence-electron chi connectivity index (χ2n) is 8.76. The third-order valence-electron chi connectivity index (χ3n) is 6.33. The fraction of sp³-hybridized carbons (Fsp3) is 0.179. The number of nitrogens with zero attached hydrogens (tertiary/aromatic N) is 3. The quantitative estimate of drug-likeness (QED) is 0.277. The zero-order valence-electron chi connectivity index (χ0n) is 20.2. The summed E-state index contributed by atoms with van der Waals surface area (Å²) in [5.74, 6) is 1.17. The molecule has 1 aliphatic rings. The lowest BCUT2D eigenvalue weighted by atomic mass is 9.95. The Labute approximate surface area is 219 Å². The van der Waals surface area contributed by atoms with Crippen LogP contribution in [0.5, 0.6) is 0 Å². The molecule has 0 bridgehead atoms. The summed E-state index contributed by atoms with van der Waals surface area (Å²) < 4.78 is 1.79. The Kier molecular flexibility index (Phi) is 6.85. The number of aromatic nitrogens is 3. The molecule has 0 fully saturated rings. The number of allylic oxidation sites excluding steroid dienone is 1. The van der Waals surface area contributed by atoms with Gasteiger partial charge in [0.15, 0.2) is 0 Å². The molecule has 182 valence electrons. The van der Waals surface area contributed by atoms with Crippen LogP contribution in [0.4, 0.5) is 11.6 Å². The lowest BCUT2D eigenvalue weighted by molar-refractivity contribution is -0.113. The Balaban J connectivity index is 1.50. The third kappa shape index (κ3) is 4.90. The number of hydrogen-bond acceptors (Lipinski definition) is 5. The Morgan fingerprint density at radius 1 is 1.03 bits per heavy atom. The Bertz CT molecular complexity index is 1450. The topological polar surface area (TPSA) is 71.8 Å². The molecule has 2 N–H and O–H groups in total. The van der Waals surface area contributed by atoms with Gasteiger partial charge in [-0.1, -0.05) is 78.0 Å². The van der Waals surface area contributed by atoms with Crippen LogP contribution in [0.3, 0.4) is 0 Å². The number of thioether (sulfide) groups is 1. The average molecular weight is 516 g/mol. The van der Waals surface area contributed by atoms with Gasteiger partial charge < -0.3 is 10.6 Å². The summed E-state index contributed by atoms with van der Waals surface area (Å²) in [7, 11) is 0. The van der Waals surface area contributed by atoms with Crippen LogP contribution in [-0.2, 0) is 10.5 Å². The summed E-state index contributed by atoms with van der Waals surface area (Å²) in [6.07, 6.45) is 0. The maximum Gasteiger partial charge on any atom is 0.255 e. The Morgan fingerprint density at radius 3 is 2.53 bits per heavy atom. The Hall–Kier alpha value is -3.55. The molecule has 8 heteroatoms. The number of carbonyl (C=O) groups excluding carboxylic acids is 1. The lowest BCUT2D eigenvalue weighted by Crippen LogP contribution is -2.31. The molecule has 0 saturated carbocycles. The van der Waals surface area contributed by atoms with E-state index in [1.807, 2.05) is 81.4 Å². The molecule has 0 saturated heterocycles. The number of rotatable bonds is 6. The van der Waals surface area contributed by atoms with Gasteiger partial charge in [0.25, 0.3) is 5.91 Å². The van der Waals surface area contributed by atoms with Gasteiger partial charge in [0.1, 0.15) is 6.04 Å². The highest BCUT2D eigenvalue weighted by Crippen LogP contribution is 2.37. The van der Waals surface area contributed by atoms with E-state index in [4.69, 9.17) is 21.7 Å². The predicted molar refractivity (Wildman–Crippen MR) is 146 cm³/mol. The summed E-state index contributed by atoms with van der Waals surface area (Å²) in [6.45, 7) is 5.94. The zero-order valence-corrected chi connectivity index (χ0v) is 21.8. The second-order valence-corrected chi connectivity index (χ2v) is 10.1. The summed E-state index contributed by atoms with van der Waals surface area (Å²) >= 11 is 7.74. The van der Waals surface area contributed by atoms with Crippen molar-refractivity contribution in [3.05, 3.63) is 111 Å². The lowest BCUT2D eigenvalue weighted by Gasteiger charge is -2.29. The first-order valence-corrected chi connectivity index (χ1v) is 13.0. The van der Waals surface area contributed by atoms with Crippen LogP contribution in [0, 0.1) is 13.8 Å². The van der Waals surface area contributed by atoms with Crippen LogP contribution >= 0.6 is 23.4 Å². The van der Waals surface area contributed by atoms with E-state index in [0.717, 1.165) is 33.8 Å². The maximum atomic E-state index is 13.7. The summed E-state index contributed by atoms with van der Waals surface area (Å²) in [4.78, 5) is 18.4. The molecule has 1 aliphatic heterocycles. The van der Waals surface area contributed by atoms with Gasteiger partial charge in [-0.3, -0.25) is 4.79 Å². The van der Waals surface area contributed by atoms with Crippen molar-refractivity contribution in [2.24, 2.45) is 0 Å². The van der Waals surface area contributed by atoms with Gasteiger partial charge in [-0.25, -0.2) is 4.68 Å². The highest BCUT2D eigenvalue weighted by atomic mass is 35.5. The van der Waals surface area contributed by atoms with Gasteiger partial charge in [-0.15, -0.1) is 5.10 Å². The highest BCUT2D eigenvalue weighted by molar-refractivity contribution is 7.98.